The number of amides is 1. The molecule has 8 heteroatoms. The van der Waals surface area contributed by atoms with E-state index in [2.05, 4.69) is 22.4 Å². The highest BCUT2D eigenvalue weighted by Crippen LogP contribution is 2.46. The second-order valence-electron chi connectivity index (χ2n) is 8.13. The van der Waals surface area contributed by atoms with Gasteiger partial charge < -0.3 is 10.3 Å². The number of hydrogen-bond acceptors (Lipinski definition) is 7. The number of carbonyl (C=O) groups excluding carboxylic acids is 2. The molecule has 2 unspecified atom stereocenters. The average molecular weight is 435 g/mol. The number of carbonyl (C=O) groups is 2. The van der Waals surface area contributed by atoms with E-state index in [4.69, 9.17) is 0 Å². The second kappa shape index (κ2) is 9.18. The topological polar surface area (TPSA) is 65.0 Å². The summed E-state index contributed by atoms with van der Waals surface area (Å²) in [5, 5.41) is 4.47. The predicted octanol–water partition coefficient (Wildman–Crippen LogP) is 3.40. The van der Waals surface area contributed by atoms with E-state index in [1.54, 1.807) is 30.0 Å². The molecule has 1 aromatic rings. The Morgan fingerprint density at radius 1 is 1.21 bits per heavy atom. The molecule has 0 spiro atoms. The van der Waals surface area contributed by atoms with Crippen LogP contribution in [0.25, 0.3) is 0 Å². The smallest absolute Gasteiger partial charge is 0.270 e. The summed E-state index contributed by atoms with van der Waals surface area (Å²) in [7, 11) is 0. The third-order valence-electron chi connectivity index (χ3n) is 6.09. The molecule has 0 saturated carbocycles. The molecule has 1 aromatic heterocycles. The van der Waals surface area contributed by atoms with E-state index in [0.717, 1.165) is 48.9 Å². The third kappa shape index (κ3) is 4.39. The van der Waals surface area contributed by atoms with Crippen LogP contribution in [-0.2, 0) is 4.79 Å². The van der Waals surface area contributed by atoms with Gasteiger partial charge in [0.1, 0.15) is 5.71 Å². The van der Waals surface area contributed by atoms with Crippen molar-refractivity contribution in [3.05, 3.63) is 16.5 Å². The Labute approximate surface area is 181 Å². The summed E-state index contributed by atoms with van der Waals surface area (Å²) in [4.78, 5) is 30.2. The fourth-order valence-electron chi connectivity index (χ4n) is 4.29. The number of fused-ring (bicyclic) bond motifs is 3. The van der Waals surface area contributed by atoms with Gasteiger partial charge in [0.05, 0.1) is 15.1 Å². The first-order valence-corrected chi connectivity index (χ1v) is 12.5. The maximum absolute atomic E-state index is 13.2. The van der Waals surface area contributed by atoms with E-state index in [1.807, 2.05) is 11.0 Å². The van der Waals surface area contributed by atoms with Crippen LogP contribution in [0.15, 0.2) is 15.4 Å². The summed E-state index contributed by atoms with van der Waals surface area (Å²) >= 11 is 3.31. The molecule has 29 heavy (non-hydrogen) atoms. The van der Waals surface area contributed by atoms with Crippen molar-refractivity contribution in [2.24, 2.45) is 11.0 Å². The standard InChI is InChI=1S/C21H30N4O2S2/c1-3-4-5-6-7-24-8-10-25(11-9-24)20(27)19-16-13-28-21-15(18(16)22-23-19)12-17(29-21)14(2)26/h12,16,18,22H,3-11,13H2,1-2H3. The lowest BCUT2D eigenvalue weighted by Gasteiger charge is -2.35. The number of rotatable bonds is 7. The van der Waals surface area contributed by atoms with Crippen molar-refractivity contribution in [3.8, 4) is 0 Å². The Morgan fingerprint density at radius 2 is 2.00 bits per heavy atom. The van der Waals surface area contributed by atoms with Crippen LogP contribution >= 0.6 is 23.1 Å². The monoisotopic (exact) mass is 434 g/mol. The molecule has 158 valence electrons. The van der Waals surface area contributed by atoms with Crippen LogP contribution in [-0.4, -0.2) is 65.7 Å². The highest BCUT2D eigenvalue weighted by atomic mass is 32.2. The largest absolute Gasteiger partial charge is 0.335 e. The van der Waals surface area contributed by atoms with Crippen molar-refractivity contribution in [2.75, 3.05) is 38.5 Å². The number of Topliss-reactive ketones (excluding diaryl/α,β-unsaturated/α-hetero) is 1. The van der Waals surface area contributed by atoms with E-state index in [-0.39, 0.29) is 23.7 Å². The van der Waals surface area contributed by atoms with E-state index >= 15 is 0 Å². The van der Waals surface area contributed by atoms with Gasteiger partial charge in [-0.3, -0.25) is 14.5 Å². The van der Waals surface area contributed by atoms with Crippen LogP contribution < -0.4 is 5.43 Å². The number of thiophene rings is 1. The first-order valence-electron chi connectivity index (χ1n) is 10.7. The van der Waals surface area contributed by atoms with Crippen LogP contribution in [0.3, 0.4) is 0 Å². The molecule has 0 radical (unpaired) electrons. The normalized spacial score (nSPS) is 23.9. The lowest BCUT2D eigenvalue weighted by molar-refractivity contribution is -0.126. The minimum Gasteiger partial charge on any atom is -0.335 e. The van der Waals surface area contributed by atoms with Crippen molar-refractivity contribution >= 4 is 40.5 Å². The molecule has 4 rings (SSSR count). The van der Waals surface area contributed by atoms with Crippen molar-refractivity contribution in [1.82, 2.24) is 15.2 Å². The van der Waals surface area contributed by atoms with Gasteiger partial charge in [0.25, 0.3) is 5.91 Å². The fourth-order valence-corrected chi connectivity index (χ4v) is 6.87. The Kier molecular flexibility index (Phi) is 6.61. The Hall–Kier alpha value is -1.38. The van der Waals surface area contributed by atoms with Gasteiger partial charge in [0.15, 0.2) is 5.78 Å². The fraction of sp³-hybridized carbons (Fsp3) is 0.667. The molecular weight excluding hydrogens is 404 g/mol. The van der Waals surface area contributed by atoms with Gasteiger partial charge in [-0.2, -0.15) is 5.10 Å². The minimum absolute atomic E-state index is 0.0226. The summed E-state index contributed by atoms with van der Waals surface area (Å²) in [5.41, 5.74) is 4.99. The van der Waals surface area contributed by atoms with Crippen LogP contribution in [0.1, 0.15) is 60.8 Å². The van der Waals surface area contributed by atoms with Gasteiger partial charge in [-0.25, -0.2) is 0 Å². The lowest BCUT2D eigenvalue weighted by Crippen LogP contribution is -2.51. The number of hydrazone groups is 1. The van der Waals surface area contributed by atoms with Crippen molar-refractivity contribution in [3.63, 3.8) is 0 Å². The number of nitrogens with zero attached hydrogens (tertiary/aromatic N) is 3. The van der Waals surface area contributed by atoms with Crippen molar-refractivity contribution in [2.45, 2.75) is 49.8 Å². The van der Waals surface area contributed by atoms with Crippen LogP contribution in [0.4, 0.5) is 0 Å². The number of ketones is 1. The average Bonchev–Trinajstić information content (AvgIpc) is 3.35. The number of piperazine rings is 1. The molecule has 6 nitrogen and oxygen atoms in total. The van der Waals surface area contributed by atoms with Gasteiger partial charge in [-0.1, -0.05) is 26.2 Å². The van der Waals surface area contributed by atoms with Crippen LogP contribution in [0.2, 0.25) is 0 Å². The van der Waals surface area contributed by atoms with Gasteiger partial charge in [0.2, 0.25) is 0 Å². The van der Waals surface area contributed by atoms with Gasteiger partial charge in [0, 0.05) is 43.4 Å². The molecule has 4 heterocycles. The summed E-state index contributed by atoms with van der Waals surface area (Å²) in [6.45, 7) is 8.47. The van der Waals surface area contributed by atoms with Crippen molar-refractivity contribution < 1.29 is 9.59 Å². The number of unbranched alkanes of at least 4 members (excludes halogenated alkanes) is 3. The lowest BCUT2D eigenvalue weighted by atomic mass is 9.92. The SMILES string of the molecule is CCCCCCN1CCN(C(=O)C2=NNC3c4cc(C(C)=O)sc4SCC23)CC1. The summed E-state index contributed by atoms with van der Waals surface area (Å²) in [6, 6.07) is 2.01. The number of hydrogen-bond donors (Lipinski definition) is 1. The van der Waals surface area contributed by atoms with E-state index < -0.39 is 0 Å². The van der Waals surface area contributed by atoms with Gasteiger partial charge in [-0.15, -0.1) is 23.1 Å². The maximum atomic E-state index is 13.2. The molecule has 0 bridgehead atoms. The number of nitrogens with one attached hydrogen (secondary N) is 1. The molecule has 0 aliphatic carbocycles. The van der Waals surface area contributed by atoms with Crippen LogP contribution in [0.5, 0.6) is 0 Å². The molecule has 1 fully saturated rings. The van der Waals surface area contributed by atoms with Gasteiger partial charge >= 0.3 is 0 Å². The summed E-state index contributed by atoms with van der Waals surface area (Å²) in [6.07, 6.45) is 5.13. The zero-order valence-corrected chi connectivity index (χ0v) is 18.9. The van der Waals surface area contributed by atoms with Crippen molar-refractivity contribution in [1.29, 1.82) is 0 Å². The first kappa shape index (κ1) is 20.9. The molecule has 2 atom stereocenters. The molecule has 1 N–H and O–H groups in total. The minimum atomic E-state index is 0.0226. The third-order valence-corrected chi connectivity index (χ3v) is 8.76. The van der Waals surface area contributed by atoms with E-state index in [9.17, 15) is 9.59 Å². The Balaban J connectivity index is 1.33. The quantitative estimate of drug-likeness (QED) is 0.526. The highest BCUT2D eigenvalue weighted by Gasteiger charge is 2.43. The second-order valence-corrected chi connectivity index (χ2v) is 10.5. The molecule has 1 amide bonds. The van der Waals surface area contributed by atoms with E-state index in [1.165, 1.54) is 29.9 Å². The summed E-state index contributed by atoms with van der Waals surface area (Å²) in [5.74, 6) is 1.11. The summed E-state index contributed by atoms with van der Waals surface area (Å²) < 4.78 is 1.18. The Bertz CT molecular complexity index is 799. The zero-order valence-electron chi connectivity index (χ0n) is 17.3. The van der Waals surface area contributed by atoms with Gasteiger partial charge in [-0.05, 0) is 26.0 Å². The zero-order chi connectivity index (χ0) is 20.4. The highest BCUT2D eigenvalue weighted by molar-refractivity contribution is 8.01. The van der Waals surface area contributed by atoms with Crippen LogP contribution in [0, 0.1) is 5.92 Å². The first-order chi connectivity index (χ1) is 14.1. The molecule has 3 aliphatic rings. The predicted molar refractivity (Wildman–Crippen MR) is 119 cm³/mol. The molecule has 1 saturated heterocycles. The maximum Gasteiger partial charge on any atom is 0.270 e. The molecular formula is C21H30N4O2S2. The van der Waals surface area contributed by atoms with E-state index in [0.29, 0.717) is 5.71 Å². The number of thioether (sulfide) groups is 1. The molecule has 3 aliphatic heterocycles. The Morgan fingerprint density at radius 3 is 2.72 bits per heavy atom. The molecule has 0 aromatic carbocycles.